The summed E-state index contributed by atoms with van der Waals surface area (Å²) in [6.07, 6.45) is 1.53. The molecule has 0 heterocycles. The van der Waals surface area contributed by atoms with Gasteiger partial charge in [-0.15, -0.1) is 0 Å². The summed E-state index contributed by atoms with van der Waals surface area (Å²) < 4.78 is 0. The Bertz CT molecular complexity index is 376. The first-order valence-electron chi connectivity index (χ1n) is 3.97. The van der Waals surface area contributed by atoms with Crippen LogP contribution in [0.15, 0.2) is 23.3 Å². The lowest BCUT2D eigenvalue weighted by Crippen LogP contribution is -2.23. The number of phenols is 1. The second-order valence-electron chi connectivity index (χ2n) is 2.78. The van der Waals surface area contributed by atoms with Crippen molar-refractivity contribution < 1.29 is 5.11 Å². The molecule has 0 saturated heterocycles. The van der Waals surface area contributed by atoms with E-state index in [9.17, 15) is 5.11 Å². The van der Waals surface area contributed by atoms with E-state index in [0.717, 1.165) is 11.1 Å². The molecule has 1 rings (SSSR count). The smallest absolute Gasteiger partial charge is 0.184 e. The van der Waals surface area contributed by atoms with Crippen molar-refractivity contribution in [3.63, 3.8) is 0 Å². The van der Waals surface area contributed by atoms with Gasteiger partial charge in [-0.1, -0.05) is 12.1 Å². The molecule has 14 heavy (non-hydrogen) atoms. The Morgan fingerprint density at radius 3 is 2.93 bits per heavy atom. The quantitative estimate of drug-likeness (QED) is 0.384. The SMILES string of the molecule is Cc1ccc(C=NNC(N)=S)cc1O. The van der Waals surface area contributed by atoms with Crippen LogP contribution in [0.5, 0.6) is 5.75 Å². The van der Waals surface area contributed by atoms with Crippen molar-refractivity contribution in [1.29, 1.82) is 0 Å². The highest BCUT2D eigenvalue weighted by atomic mass is 32.1. The Morgan fingerprint density at radius 1 is 1.64 bits per heavy atom. The summed E-state index contributed by atoms with van der Waals surface area (Å²) in [6, 6.07) is 5.25. The van der Waals surface area contributed by atoms with Crippen LogP contribution in [0.2, 0.25) is 0 Å². The molecule has 0 spiro atoms. The van der Waals surface area contributed by atoms with Crippen molar-refractivity contribution in [2.24, 2.45) is 10.8 Å². The standard InChI is InChI=1S/C9H11N3OS/c1-6-2-3-7(4-8(6)13)5-11-12-9(10)14/h2-5,13H,1H3,(H3,10,12,14). The molecule has 0 bridgehead atoms. The monoisotopic (exact) mass is 209 g/mol. The molecule has 0 saturated carbocycles. The summed E-state index contributed by atoms with van der Waals surface area (Å²) in [4.78, 5) is 0. The number of phenolic OH excluding ortho intramolecular Hbond substituents is 1. The zero-order valence-electron chi connectivity index (χ0n) is 7.69. The fraction of sp³-hybridized carbons (Fsp3) is 0.111. The normalized spacial score (nSPS) is 10.4. The zero-order chi connectivity index (χ0) is 10.6. The molecule has 0 atom stereocenters. The molecule has 0 aliphatic rings. The lowest BCUT2D eigenvalue weighted by molar-refractivity contribution is 0.471. The minimum atomic E-state index is 0.109. The van der Waals surface area contributed by atoms with Gasteiger partial charge < -0.3 is 10.8 Å². The fourth-order valence-corrected chi connectivity index (χ4v) is 0.930. The molecule has 0 fully saturated rings. The highest BCUT2D eigenvalue weighted by Gasteiger charge is 1.95. The largest absolute Gasteiger partial charge is 0.508 e. The number of hydrogen-bond donors (Lipinski definition) is 3. The van der Waals surface area contributed by atoms with Gasteiger partial charge in [-0.05, 0) is 36.3 Å². The summed E-state index contributed by atoms with van der Waals surface area (Å²) >= 11 is 4.56. The van der Waals surface area contributed by atoms with Crippen LogP contribution in [0.4, 0.5) is 0 Å². The van der Waals surface area contributed by atoms with Crippen molar-refractivity contribution in [1.82, 2.24) is 5.43 Å². The Balaban J connectivity index is 2.73. The van der Waals surface area contributed by atoms with Crippen molar-refractivity contribution in [3.05, 3.63) is 29.3 Å². The van der Waals surface area contributed by atoms with Crippen molar-refractivity contribution in [2.75, 3.05) is 0 Å². The predicted octanol–water partition coefficient (Wildman–Crippen LogP) is 0.868. The molecule has 0 amide bonds. The van der Waals surface area contributed by atoms with Crippen LogP contribution in [0.3, 0.4) is 0 Å². The van der Waals surface area contributed by atoms with Crippen molar-refractivity contribution in [3.8, 4) is 5.75 Å². The third-order valence-electron chi connectivity index (χ3n) is 1.62. The Kier molecular flexibility index (Phi) is 3.41. The summed E-state index contributed by atoms with van der Waals surface area (Å²) in [5.41, 5.74) is 9.19. The third-order valence-corrected chi connectivity index (χ3v) is 1.71. The summed E-state index contributed by atoms with van der Waals surface area (Å²) in [5, 5.41) is 13.2. The number of aryl methyl sites for hydroxylation is 1. The summed E-state index contributed by atoms with van der Waals surface area (Å²) in [5.74, 6) is 0.240. The van der Waals surface area contributed by atoms with Gasteiger partial charge in [0.25, 0.3) is 0 Å². The predicted molar refractivity (Wildman–Crippen MR) is 60.4 cm³/mol. The van der Waals surface area contributed by atoms with E-state index in [2.05, 4.69) is 22.7 Å². The molecule has 0 aliphatic carbocycles. The molecule has 1 aromatic carbocycles. The highest BCUT2D eigenvalue weighted by molar-refractivity contribution is 7.80. The molecule has 0 aromatic heterocycles. The van der Waals surface area contributed by atoms with Crippen LogP contribution in [0.1, 0.15) is 11.1 Å². The van der Waals surface area contributed by atoms with Gasteiger partial charge in [0.15, 0.2) is 5.11 Å². The third kappa shape index (κ3) is 3.02. The van der Waals surface area contributed by atoms with E-state index >= 15 is 0 Å². The van der Waals surface area contributed by atoms with E-state index < -0.39 is 0 Å². The Labute approximate surface area is 87.4 Å². The van der Waals surface area contributed by atoms with E-state index in [1.807, 2.05) is 13.0 Å². The van der Waals surface area contributed by atoms with Crippen molar-refractivity contribution in [2.45, 2.75) is 6.92 Å². The maximum absolute atomic E-state index is 9.38. The molecule has 0 unspecified atom stereocenters. The van der Waals surface area contributed by atoms with E-state index in [-0.39, 0.29) is 10.9 Å². The van der Waals surface area contributed by atoms with Gasteiger partial charge in [0.2, 0.25) is 0 Å². The van der Waals surface area contributed by atoms with Crippen LogP contribution < -0.4 is 11.2 Å². The topological polar surface area (TPSA) is 70.6 Å². The van der Waals surface area contributed by atoms with Gasteiger partial charge in [0.1, 0.15) is 5.75 Å². The van der Waals surface area contributed by atoms with E-state index in [4.69, 9.17) is 5.73 Å². The average molecular weight is 209 g/mol. The number of nitrogens with two attached hydrogens (primary N) is 1. The number of thiocarbonyl (C=S) groups is 1. The minimum absolute atomic E-state index is 0.109. The molecule has 74 valence electrons. The summed E-state index contributed by atoms with van der Waals surface area (Å²) in [6.45, 7) is 1.82. The lowest BCUT2D eigenvalue weighted by Gasteiger charge is -1.99. The van der Waals surface area contributed by atoms with E-state index in [1.165, 1.54) is 6.21 Å². The molecule has 4 nitrogen and oxygen atoms in total. The first kappa shape index (κ1) is 10.5. The van der Waals surface area contributed by atoms with Gasteiger partial charge in [0, 0.05) is 0 Å². The molecule has 1 aromatic rings. The van der Waals surface area contributed by atoms with Gasteiger partial charge in [0.05, 0.1) is 6.21 Å². The first-order valence-corrected chi connectivity index (χ1v) is 4.38. The van der Waals surface area contributed by atoms with E-state index in [1.54, 1.807) is 12.1 Å². The molecular weight excluding hydrogens is 198 g/mol. The number of aromatic hydroxyl groups is 1. The van der Waals surface area contributed by atoms with Gasteiger partial charge in [-0.25, -0.2) is 0 Å². The van der Waals surface area contributed by atoms with E-state index in [0.29, 0.717) is 0 Å². The summed E-state index contributed by atoms with van der Waals surface area (Å²) in [7, 11) is 0. The molecule has 5 heteroatoms. The minimum Gasteiger partial charge on any atom is -0.508 e. The molecule has 0 radical (unpaired) electrons. The number of nitrogens with zero attached hydrogens (tertiary/aromatic N) is 1. The van der Waals surface area contributed by atoms with Crippen LogP contribution in [0, 0.1) is 6.92 Å². The van der Waals surface area contributed by atoms with Crippen molar-refractivity contribution >= 4 is 23.5 Å². The number of benzene rings is 1. The molecule has 4 N–H and O–H groups in total. The second-order valence-corrected chi connectivity index (χ2v) is 3.22. The van der Waals surface area contributed by atoms with Gasteiger partial charge >= 0.3 is 0 Å². The van der Waals surface area contributed by atoms with Gasteiger partial charge in [-0.3, -0.25) is 5.43 Å². The average Bonchev–Trinajstić information content (AvgIpc) is 2.10. The van der Waals surface area contributed by atoms with Crippen LogP contribution in [-0.2, 0) is 0 Å². The number of hydrazone groups is 1. The number of rotatable bonds is 2. The zero-order valence-corrected chi connectivity index (χ0v) is 8.51. The fourth-order valence-electron chi connectivity index (χ4n) is 0.877. The van der Waals surface area contributed by atoms with Crippen LogP contribution >= 0.6 is 12.2 Å². The molecular formula is C9H11N3OS. The first-order chi connectivity index (χ1) is 6.59. The maximum atomic E-state index is 9.38. The van der Waals surface area contributed by atoms with Crippen LogP contribution in [0.25, 0.3) is 0 Å². The molecule has 0 aliphatic heterocycles. The Morgan fingerprint density at radius 2 is 2.36 bits per heavy atom. The number of nitrogens with one attached hydrogen (secondary N) is 1. The number of hydrogen-bond acceptors (Lipinski definition) is 3. The van der Waals surface area contributed by atoms with Crippen LogP contribution in [-0.4, -0.2) is 16.4 Å². The Hall–Kier alpha value is -1.62. The highest BCUT2D eigenvalue weighted by Crippen LogP contribution is 2.15. The second kappa shape index (κ2) is 4.57. The lowest BCUT2D eigenvalue weighted by atomic mass is 10.1. The maximum Gasteiger partial charge on any atom is 0.184 e. The van der Waals surface area contributed by atoms with Gasteiger partial charge in [-0.2, -0.15) is 5.10 Å².